The topological polar surface area (TPSA) is 77.3 Å². The van der Waals surface area contributed by atoms with Crippen molar-refractivity contribution in [2.75, 3.05) is 26.8 Å². The van der Waals surface area contributed by atoms with Crippen LogP contribution in [0.1, 0.15) is 29.3 Å². The van der Waals surface area contributed by atoms with Crippen molar-refractivity contribution in [2.45, 2.75) is 37.6 Å². The summed E-state index contributed by atoms with van der Waals surface area (Å²) in [6.07, 6.45) is 2.49. The van der Waals surface area contributed by atoms with Gasteiger partial charge in [-0.25, -0.2) is 18.4 Å². The quantitative estimate of drug-likeness (QED) is 0.620. The fraction of sp³-hybridized carbons (Fsp3) is 0.429. The molecule has 1 atom stereocenters. The van der Waals surface area contributed by atoms with E-state index in [4.69, 9.17) is 9.72 Å². The van der Waals surface area contributed by atoms with Crippen LogP contribution in [0, 0.1) is 13.8 Å². The maximum atomic E-state index is 13.3. The Hall–Kier alpha value is -2.29. The summed E-state index contributed by atoms with van der Waals surface area (Å²) < 4.78 is 35.5. The molecule has 0 bridgehead atoms. The summed E-state index contributed by atoms with van der Waals surface area (Å²) in [6, 6.07) is 9.37. The number of hydrogen-bond donors (Lipinski definition) is 0. The molecule has 0 saturated carbocycles. The maximum absolute atomic E-state index is 13.3. The molecule has 1 aliphatic rings. The van der Waals surface area contributed by atoms with Crippen LogP contribution in [-0.2, 0) is 21.3 Å². The molecule has 0 aliphatic carbocycles. The molecule has 1 saturated heterocycles. The maximum Gasteiger partial charge on any atom is 0.243 e. The van der Waals surface area contributed by atoms with E-state index in [1.807, 2.05) is 38.1 Å². The lowest BCUT2D eigenvalue weighted by molar-refractivity contribution is 0.187. The summed E-state index contributed by atoms with van der Waals surface area (Å²) in [5.74, 6) is 0.912. The van der Waals surface area contributed by atoms with E-state index < -0.39 is 10.0 Å². The van der Waals surface area contributed by atoms with Gasteiger partial charge < -0.3 is 9.30 Å². The Labute approximate surface area is 171 Å². The van der Waals surface area contributed by atoms with Crippen LogP contribution in [0.2, 0.25) is 0 Å². The minimum Gasteiger partial charge on any atom is -0.383 e. The van der Waals surface area contributed by atoms with Crippen LogP contribution in [-0.4, -0.2) is 54.1 Å². The fourth-order valence-corrected chi connectivity index (χ4v) is 5.78. The summed E-state index contributed by atoms with van der Waals surface area (Å²) in [5, 5.41) is 0. The minimum atomic E-state index is -3.54. The van der Waals surface area contributed by atoms with Crippen molar-refractivity contribution in [2.24, 2.45) is 0 Å². The molecular formula is C21H26N4O3S. The molecular weight excluding hydrogens is 388 g/mol. The third kappa shape index (κ3) is 3.68. The lowest BCUT2D eigenvalue weighted by atomic mass is 10.1. The predicted octanol–water partition coefficient (Wildman–Crippen LogP) is 2.87. The average Bonchev–Trinajstić information content (AvgIpc) is 3.33. The lowest BCUT2D eigenvalue weighted by Gasteiger charge is -2.19. The molecule has 1 aromatic carbocycles. The molecule has 29 heavy (non-hydrogen) atoms. The first-order valence-corrected chi connectivity index (χ1v) is 11.2. The molecule has 1 aliphatic heterocycles. The van der Waals surface area contributed by atoms with Gasteiger partial charge in [0.05, 0.1) is 11.5 Å². The first kappa shape index (κ1) is 20.0. The van der Waals surface area contributed by atoms with Gasteiger partial charge in [-0.05, 0) is 49.6 Å². The number of pyridine rings is 1. The lowest BCUT2D eigenvalue weighted by Crippen LogP contribution is -2.29. The molecule has 0 spiro atoms. The summed E-state index contributed by atoms with van der Waals surface area (Å²) in [6.45, 7) is 5.85. The Kier molecular flexibility index (Phi) is 5.42. The zero-order chi connectivity index (χ0) is 20.6. The van der Waals surface area contributed by atoms with Crippen LogP contribution in [0.15, 0.2) is 41.4 Å². The Morgan fingerprint density at radius 3 is 2.86 bits per heavy atom. The number of hydrogen-bond acceptors (Lipinski definition) is 5. The number of imidazole rings is 1. The average molecular weight is 415 g/mol. The van der Waals surface area contributed by atoms with E-state index in [-0.39, 0.29) is 5.92 Å². The predicted molar refractivity (Wildman–Crippen MR) is 111 cm³/mol. The van der Waals surface area contributed by atoms with Crippen LogP contribution in [0.25, 0.3) is 11.2 Å². The third-order valence-corrected chi connectivity index (χ3v) is 7.54. The van der Waals surface area contributed by atoms with Crippen LogP contribution in [0.4, 0.5) is 0 Å². The van der Waals surface area contributed by atoms with Crippen molar-refractivity contribution in [1.82, 2.24) is 18.8 Å². The van der Waals surface area contributed by atoms with Crippen LogP contribution < -0.4 is 0 Å². The first-order chi connectivity index (χ1) is 13.9. The number of benzene rings is 1. The minimum absolute atomic E-state index is 0.0287. The van der Waals surface area contributed by atoms with E-state index in [2.05, 4.69) is 9.55 Å². The van der Waals surface area contributed by atoms with Crippen LogP contribution in [0.5, 0.6) is 0 Å². The molecule has 3 heterocycles. The van der Waals surface area contributed by atoms with E-state index >= 15 is 0 Å². The van der Waals surface area contributed by atoms with E-state index in [0.717, 1.165) is 34.5 Å². The molecule has 154 valence electrons. The van der Waals surface area contributed by atoms with Crippen molar-refractivity contribution >= 4 is 21.2 Å². The first-order valence-electron chi connectivity index (χ1n) is 9.79. The number of rotatable bonds is 6. The number of methoxy groups -OCH3 is 1. The smallest absolute Gasteiger partial charge is 0.243 e. The molecule has 0 radical (unpaired) electrons. The molecule has 0 N–H and O–H groups in total. The highest BCUT2D eigenvalue weighted by Crippen LogP contribution is 2.33. The summed E-state index contributed by atoms with van der Waals surface area (Å²) in [5.41, 5.74) is 3.36. The van der Waals surface area contributed by atoms with Gasteiger partial charge in [0.2, 0.25) is 10.0 Å². The second-order valence-corrected chi connectivity index (χ2v) is 9.48. The molecule has 2 aromatic heterocycles. The van der Waals surface area contributed by atoms with E-state index in [1.165, 1.54) is 0 Å². The van der Waals surface area contributed by atoms with Gasteiger partial charge in [-0.3, -0.25) is 0 Å². The number of aryl methyl sites for hydroxylation is 2. The van der Waals surface area contributed by atoms with Crippen molar-refractivity contribution in [1.29, 1.82) is 0 Å². The molecule has 8 heteroatoms. The van der Waals surface area contributed by atoms with Gasteiger partial charge in [0.1, 0.15) is 11.3 Å². The fourth-order valence-electron chi connectivity index (χ4n) is 3.97. The number of nitrogens with zero attached hydrogens (tertiary/aromatic N) is 4. The Bertz CT molecular complexity index is 1140. The van der Waals surface area contributed by atoms with Crippen LogP contribution >= 0.6 is 0 Å². The van der Waals surface area contributed by atoms with Gasteiger partial charge in [-0.1, -0.05) is 12.1 Å². The third-order valence-electron chi connectivity index (χ3n) is 5.53. The van der Waals surface area contributed by atoms with E-state index in [9.17, 15) is 8.42 Å². The van der Waals surface area contributed by atoms with Crippen LogP contribution in [0.3, 0.4) is 0 Å². The number of sulfonamides is 1. The summed E-state index contributed by atoms with van der Waals surface area (Å²) in [4.78, 5) is 9.66. The van der Waals surface area contributed by atoms with Gasteiger partial charge in [-0.15, -0.1) is 0 Å². The second-order valence-electron chi connectivity index (χ2n) is 7.58. The molecule has 0 unspecified atom stereocenters. The number of aromatic nitrogens is 3. The summed E-state index contributed by atoms with van der Waals surface area (Å²) in [7, 11) is -1.87. The van der Waals surface area contributed by atoms with Gasteiger partial charge in [-0.2, -0.15) is 4.31 Å². The Balaban J connectivity index is 1.66. The standard InChI is InChI=1S/C21H26N4O3S/c1-15-6-7-16(2)19(13-15)29(26,27)24-10-8-17(14-24)20-23-18-5-4-9-22-21(18)25(20)11-12-28-3/h4-7,9,13,17H,8,10-12,14H2,1-3H3/t17-/m1/s1. The monoisotopic (exact) mass is 414 g/mol. The zero-order valence-corrected chi connectivity index (χ0v) is 17.8. The second kappa shape index (κ2) is 7.85. The molecule has 4 rings (SSSR count). The SMILES string of the molecule is COCCn1c([C@@H]2CCN(S(=O)(=O)c3cc(C)ccc3C)C2)nc2cccnc21. The summed E-state index contributed by atoms with van der Waals surface area (Å²) >= 11 is 0. The van der Waals surface area contributed by atoms with Crippen molar-refractivity contribution in [3.63, 3.8) is 0 Å². The molecule has 1 fully saturated rings. The molecule has 3 aromatic rings. The molecule has 7 nitrogen and oxygen atoms in total. The molecule has 0 amide bonds. The Morgan fingerprint density at radius 2 is 2.07 bits per heavy atom. The normalized spacial score (nSPS) is 18.0. The van der Waals surface area contributed by atoms with E-state index in [1.54, 1.807) is 23.7 Å². The van der Waals surface area contributed by atoms with Gasteiger partial charge >= 0.3 is 0 Å². The van der Waals surface area contributed by atoms with Gasteiger partial charge in [0.25, 0.3) is 0 Å². The van der Waals surface area contributed by atoms with Crippen molar-refractivity contribution < 1.29 is 13.2 Å². The highest BCUT2D eigenvalue weighted by atomic mass is 32.2. The number of ether oxygens (including phenoxy) is 1. The largest absolute Gasteiger partial charge is 0.383 e. The number of fused-ring (bicyclic) bond motifs is 1. The van der Waals surface area contributed by atoms with Gasteiger partial charge in [0, 0.05) is 38.9 Å². The van der Waals surface area contributed by atoms with Crippen molar-refractivity contribution in [3.05, 3.63) is 53.5 Å². The van der Waals surface area contributed by atoms with Crippen molar-refractivity contribution in [3.8, 4) is 0 Å². The van der Waals surface area contributed by atoms with Gasteiger partial charge in [0.15, 0.2) is 5.65 Å². The Morgan fingerprint density at radius 1 is 1.24 bits per heavy atom. The zero-order valence-electron chi connectivity index (χ0n) is 17.0. The van der Waals surface area contributed by atoms with E-state index in [0.29, 0.717) is 31.1 Å². The highest BCUT2D eigenvalue weighted by molar-refractivity contribution is 7.89. The highest BCUT2D eigenvalue weighted by Gasteiger charge is 2.36.